The Morgan fingerprint density at radius 3 is 2.68 bits per heavy atom. The molecule has 0 N–H and O–H groups in total. The predicted molar refractivity (Wildman–Crippen MR) is 73.2 cm³/mol. The first kappa shape index (κ1) is 13.0. The van der Waals surface area contributed by atoms with Gasteiger partial charge in [-0.3, -0.25) is 10.1 Å². The molecule has 0 fully saturated rings. The van der Waals surface area contributed by atoms with Crippen LogP contribution in [-0.4, -0.2) is 10.1 Å². The highest BCUT2D eigenvalue weighted by Crippen LogP contribution is 2.30. The van der Waals surface area contributed by atoms with Crippen molar-refractivity contribution in [2.75, 3.05) is 0 Å². The molecule has 4 nitrogen and oxygen atoms in total. The predicted octanol–water partition coefficient (Wildman–Crippen LogP) is 4.14. The lowest BCUT2D eigenvalue weighted by molar-refractivity contribution is -0.384. The van der Waals surface area contributed by atoms with E-state index in [4.69, 9.17) is 0 Å². The number of halogens is 1. The van der Waals surface area contributed by atoms with Crippen LogP contribution in [0.5, 0.6) is 0 Å². The van der Waals surface area contributed by atoms with E-state index in [0.29, 0.717) is 5.56 Å². The second-order valence-electron chi connectivity index (χ2n) is 3.65. The Kier molecular flexibility index (Phi) is 3.75. The molecule has 0 unspecified atom stereocenters. The minimum absolute atomic E-state index is 0.0546. The normalized spacial score (nSPS) is 9.74. The van der Waals surface area contributed by atoms with E-state index in [-0.39, 0.29) is 16.9 Å². The van der Waals surface area contributed by atoms with Gasteiger partial charge in [-0.25, -0.2) is 4.39 Å². The van der Waals surface area contributed by atoms with Crippen molar-refractivity contribution in [1.29, 1.82) is 0 Å². The van der Waals surface area contributed by atoms with Gasteiger partial charge in [0.25, 0.3) is 5.69 Å². The molecule has 0 saturated carbocycles. The first-order chi connectivity index (χ1) is 9.13. The Bertz CT molecular complexity index is 697. The van der Waals surface area contributed by atoms with Gasteiger partial charge < -0.3 is 0 Å². The van der Waals surface area contributed by atoms with Gasteiger partial charge in [-0.05, 0) is 23.8 Å². The largest absolute Gasteiger partial charge is 0.270 e. The number of isothiocyanates is 1. The summed E-state index contributed by atoms with van der Waals surface area (Å²) in [4.78, 5) is 13.8. The van der Waals surface area contributed by atoms with Crippen molar-refractivity contribution in [2.45, 2.75) is 0 Å². The van der Waals surface area contributed by atoms with Crippen LogP contribution in [-0.2, 0) is 0 Å². The van der Waals surface area contributed by atoms with Crippen molar-refractivity contribution in [3.05, 3.63) is 58.4 Å². The van der Waals surface area contributed by atoms with E-state index in [9.17, 15) is 14.5 Å². The molecule has 6 heteroatoms. The van der Waals surface area contributed by atoms with Crippen LogP contribution in [0.2, 0.25) is 0 Å². The third kappa shape index (κ3) is 2.70. The van der Waals surface area contributed by atoms with Crippen LogP contribution in [0, 0.1) is 15.9 Å². The fourth-order valence-electron chi connectivity index (χ4n) is 1.67. The van der Waals surface area contributed by atoms with Gasteiger partial charge in [0.2, 0.25) is 0 Å². The Morgan fingerprint density at radius 2 is 2.00 bits per heavy atom. The van der Waals surface area contributed by atoms with E-state index < -0.39 is 10.7 Å². The minimum atomic E-state index is -0.583. The standard InChI is InChI=1S/C13H7FN2O2S/c14-13-11(5-2-6-12(13)15-8-19)9-3-1-4-10(7-9)16(17)18/h1-7H. The number of non-ortho nitro benzene ring substituents is 1. The minimum Gasteiger partial charge on any atom is -0.258 e. The first-order valence-corrected chi connectivity index (χ1v) is 5.65. The van der Waals surface area contributed by atoms with E-state index in [0.717, 1.165) is 0 Å². The number of thiocarbonyl (C=S) groups is 1. The van der Waals surface area contributed by atoms with Crippen LogP contribution in [0.4, 0.5) is 15.8 Å². The van der Waals surface area contributed by atoms with Crippen LogP contribution in [0.15, 0.2) is 47.5 Å². The van der Waals surface area contributed by atoms with Gasteiger partial charge >= 0.3 is 0 Å². The Labute approximate surface area is 113 Å². The maximum Gasteiger partial charge on any atom is 0.270 e. The third-order valence-corrected chi connectivity index (χ3v) is 2.60. The zero-order valence-electron chi connectivity index (χ0n) is 9.54. The highest BCUT2D eigenvalue weighted by molar-refractivity contribution is 7.78. The summed E-state index contributed by atoms with van der Waals surface area (Å²) in [6.45, 7) is 0. The maximum atomic E-state index is 14.1. The van der Waals surface area contributed by atoms with E-state index in [1.165, 1.54) is 30.3 Å². The first-order valence-electron chi connectivity index (χ1n) is 5.24. The zero-order valence-corrected chi connectivity index (χ0v) is 10.4. The zero-order chi connectivity index (χ0) is 13.8. The second kappa shape index (κ2) is 5.48. The monoisotopic (exact) mass is 274 g/mol. The number of benzene rings is 2. The Balaban J connectivity index is 2.59. The lowest BCUT2D eigenvalue weighted by Crippen LogP contribution is -1.90. The van der Waals surface area contributed by atoms with Gasteiger partial charge in [-0.2, -0.15) is 4.99 Å². The maximum absolute atomic E-state index is 14.1. The molecule has 0 bridgehead atoms. The van der Waals surface area contributed by atoms with Crippen LogP contribution >= 0.6 is 12.2 Å². The lowest BCUT2D eigenvalue weighted by atomic mass is 10.0. The molecule has 0 spiro atoms. The molecule has 0 amide bonds. The number of aliphatic imine (C=N–C) groups is 1. The number of nitro benzene ring substituents is 1. The quantitative estimate of drug-likeness (QED) is 0.366. The average molecular weight is 274 g/mol. The number of hydrogen-bond donors (Lipinski definition) is 0. The lowest BCUT2D eigenvalue weighted by Gasteiger charge is -2.04. The highest BCUT2D eigenvalue weighted by atomic mass is 32.1. The molecule has 2 aromatic rings. The van der Waals surface area contributed by atoms with Gasteiger partial charge in [0.1, 0.15) is 5.69 Å². The molecule has 0 aliphatic rings. The van der Waals surface area contributed by atoms with Crippen LogP contribution in [0.25, 0.3) is 11.1 Å². The summed E-state index contributed by atoms with van der Waals surface area (Å²) in [6.07, 6.45) is 0. The molecular weight excluding hydrogens is 267 g/mol. The second-order valence-corrected chi connectivity index (χ2v) is 3.83. The number of rotatable bonds is 3. The molecule has 94 valence electrons. The summed E-state index contributed by atoms with van der Waals surface area (Å²) in [6, 6.07) is 10.3. The number of nitrogens with zero attached hydrogens (tertiary/aromatic N) is 2. The Hall–Kier alpha value is -2.43. The van der Waals surface area contributed by atoms with Gasteiger partial charge in [0, 0.05) is 17.7 Å². The molecule has 2 rings (SSSR count). The fraction of sp³-hybridized carbons (Fsp3) is 0. The smallest absolute Gasteiger partial charge is 0.258 e. The fourth-order valence-corrected chi connectivity index (χ4v) is 1.76. The van der Waals surface area contributed by atoms with Crippen molar-refractivity contribution < 1.29 is 9.31 Å². The van der Waals surface area contributed by atoms with Gasteiger partial charge in [0.15, 0.2) is 5.82 Å². The van der Waals surface area contributed by atoms with Crippen molar-refractivity contribution >= 4 is 28.8 Å². The van der Waals surface area contributed by atoms with Crippen LogP contribution < -0.4 is 0 Å². The molecule has 0 atom stereocenters. The van der Waals surface area contributed by atoms with Crippen molar-refractivity contribution in [1.82, 2.24) is 0 Å². The van der Waals surface area contributed by atoms with E-state index >= 15 is 0 Å². The van der Waals surface area contributed by atoms with E-state index in [1.807, 2.05) is 0 Å². The van der Waals surface area contributed by atoms with E-state index in [2.05, 4.69) is 22.4 Å². The van der Waals surface area contributed by atoms with Crippen LogP contribution in [0.1, 0.15) is 0 Å². The number of hydrogen-bond acceptors (Lipinski definition) is 4. The molecule has 0 aromatic heterocycles. The topological polar surface area (TPSA) is 55.5 Å². The molecule has 0 aliphatic heterocycles. The third-order valence-electron chi connectivity index (χ3n) is 2.51. The molecule has 0 radical (unpaired) electrons. The van der Waals surface area contributed by atoms with Gasteiger partial charge in [0.05, 0.1) is 10.1 Å². The summed E-state index contributed by atoms with van der Waals surface area (Å²) in [7, 11) is 0. The summed E-state index contributed by atoms with van der Waals surface area (Å²) in [5.74, 6) is -0.583. The van der Waals surface area contributed by atoms with E-state index in [1.54, 1.807) is 12.1 Å². The van der Waals surface area contributed by atoms with Gasteiger partial charge in [-0.1, -0.05) is 24.3 Å². The molecule has 0 aliphatic carbocycles. The molecule has 0 saturated heterocycles. The summed E-state index contributed by atoms with van der Waals surface area (Å²) in [5, 5.41) is 12.8. The van der Waals surface area contributed by atoms with Gasteiger partial charge in [-0.15, -0.1) is 0 Å². The summed E-state index contributed by atoms with van der Waals surface area (Å²) < 4.78 is 14.1. The number of nitro groups is 1. The van der Waals surface area contributed by atoms with Crippen molar-refractivity contribution in [3.63, 3.8) is 0 Å². The molecule has 2 aromatic carbocycles. The highest BCUT2D eigenvalue weighted by Gasteiger charge is 2.12. The molecular formula is C13H7FN2O2S. The van der Waals surface area contributed by atoms with Crippen molar-refractivity contribution in [2.24, 2.45) is 4.99 Å². The SMILES string of the molecule is O=[N+]([O-])c1cccc(-c2cccc(N=C=S)c2F)c1. The molecule has 0 heterocycles. The Morgan fingerprint density at radius 1 is 1.26 bits per heavy atom. The average Bonchev–Trinajstić information content (AvgIpc) is 2.41. The summed E-state index contributed by atoms with van der Waals surface area (Å²) in [5.41, 5.74) is 0.600. The molecule has 19 heavy (non-hydrogen) atoms. The van der Waals surface area contributed by atoms with Crippen LogP contribution in [0.3, 0.4) is 0 Å². The summed E-state index contributed by atoms with van der Waals surface area (Å²) >= 11 is 4.44. The van der Waals surface area contributed by atoms with Crippen molar-refractivity contribution in [3.8, 4) is 11.1 Å².